The van der Waals surface area contributed by atoms with Crippen LogP contribution in [0.1, 0.15) is 5.69 Å². The fourth-order valence-electron chi connectivity index (χ4n) is 2.11. The van der Waals surface area contributed by atoms with E-state index < -0.39 is 5.51 Å². The molecule has 2 aromatic rings. The highest BCUT2D eigenvalue weighted by Crippen LogP contribution is 2.30. The summed E-state index contributed by atoms with van der Waals surface area (Å²) in [5.41, 5.74) is -2.17. The lowest BCUT2D eigenvalue weighted by molar-refractivity contribution is -0.0328. The van der Waals surface area contributed by atoms with Gasteiger partial charge in [-0.1, -0.05) is 18.2 Å². The molecule has 1 aromatic heterocycles. The van der Waals surface area contributed by atoms with Gasteiger partial charge in [0.05, 0.1) is 0 Å². The summed E-state index contributed by atoms with van der Waals surface area (Å²) in [7, 11) is 1.83. The molecule has 0 aliphatic carbocycles. The van der Waals surface area contributed by atoms with E-state index in [1.807, 2.05) is 41.9 Å². The molecule has 0 amide bonds. The summed E-state index contributed by atoms with van der Waals surface area (Å²) in [5.74, 6) is 0.0267. The van der Waals surface area contributed by atoms with E-state index in [9.17, 15) is 13.2 Å². The molecule has 0 aliphatic rings. The largest absolute Gasteiger partial charge is 0.441 e. The van der Waals surface area contributed by atoms with Crippen LogP contribution in [0.25, 0.3) is 10.9 Å². The fraction of sp³-hybridized carbons (Fsp3) is 0.385. The highest BCUT2D eigenvalue weighted by molar-refractivity contribution is 8.00. The third kappa shape index (κ3) is 3.67. The quantitative estimate of drug-likeness (QED) is 0.905. The summed E-state index contributed by atoms with van der Waals surface area (Å²) in [4.78, 5) is 0. The van der Waals surface area contributed by atoms with Crippen LogP contribution in [-0.4, -0.2) is 22.9 Å². The zero-order valence-corrected chi connectivity index (χ0v) is 11.3. The summed E-state index contributed by atoms with van der Waals surface area (Å²) in [5, 5.41) is 4.10. The van der Waals surface area contributed by atoms with E-state index in [1.165, 1.54) is 0 Å². The number of aromatic nitrogens is 1. The Bertz CT molecular complexity index is 548. The first-order valence-corrected chi connectivity index (χ1v) is 6.92. The number of nitrogens with zero attached hydrogens (tertiary/aromatic N) is 1. The summed E-state index contributed by atoms with van der Waals surface area (Å²) >= 11 is 0.0259. The van der Waals surface area contributed by atoms with Gasteiger partial charge < -0.3 is 9.88 Å². The van der Waals surface area contributed by atoms with Crippen molar-refractivity contribution < 1.29 is 13.2 Å². The minimum absolute atomic E-state index is 0.0259. The predicted octanol–water partition coefficient (Wildman–Crippen LogP) is 3.61. The lowest BCUT2D eigenvalue weighted by Gasteiger charge is -2.11. The van der Waals surface area contributed by atoms with E-state index in [0.29, 0.717) is 13.1 Å². The van der Waals surface area contributed by atoms with Gasteiger partial charge in [-0.05, 0) is 36.3 Å². The van der Waals surface area contributed by atoms with E-state index in [2.05, 4.69) is 5.32 Å². The molecule has 0 fully saturated rings. The second kappa shape index (κ2) is 5.88. The average Bonchev–Trinajstić information content (AvgIpc) is 2.67. The summed E-state index contributed by atoms with van der Waals surface area (Å²) in [6.07, 6.45) is 0. The molecule has 0 aliphatic heterocycles. The van der Waals surface area contributed by atoms with Crippen molar-refractivity contribution in [3.05, 3.63) is 36.0 Å². The third-order valence-corrected chi connectivity index (χ3v) is 3.55. The molecule has 0 atom stereocenters. The van der Waals surface area contributed by atoms with Crippen molar-refractivity contribution in [2.75, 3.05) is 12.8 Å². The molecule has 2 rings (SSSR count). The standard InChI is InChI=1S/C13H15F3N2S/c1-17-9-11-8-10-4-2-3-5-12(10)18(11)6-7-19-13(14,15)16/h2-5,8,17H,6-7,9H2,1H3. The summed E-state index contributed by atoms with van der Waals surface area (Å²) < 4.78 is 38.5. The van der Waals surface area contributed by atoms with Crippen LogP contribution in [0.15, 0.2) is 30.3 Å². The van der Waals surface area contributed by atoms with Crippen LogP contribution in [0.5, 0.6) is 0 Å². The normalized spacial score (nSPS) is 12.2. The first kappa shape index (κ1) is 14.3. The number of nitrogens with one attached hydrogen (secondary N) is 1. The van der Waals surface area contributed by atoms with Gasteiger partial charge in [0.15, 0.2) is 0 Å². The van der Waals surface area contributed by atoms with E-state index in [4.69, 9.17) is 0 Å². The first-order valence-electron chi connectivity index (χ1n) is 5.93. The number of halogens is 3. The van der Waals surface area contributed by atoms with Crippen molar-refractivity contribution in [3.8, 4) is 0 Å². The van der Waals surface area contributed by atoms with Crippen LogP contribution < -0.4 is 5.32 Å². The molecule has 0 bridgehead atoms. The second-order valence-electron chi connectivity index (χ2n) is 4.17. The number of hydrogen-bond acceptors (Lipinski definition) is 2. The van der Waals surface area contributed by atoms with Gasteiger partial charge in [-0.3, -0.25) is 0 Å². The Morgan fingerprint density at radius 2 is 2.00 bits per heavy atom. The number of rotatable bonds is 5. The number of fused-ring (bicyclic) bond motifs is 1. The molecule has 104 valence electrons. The van der Waals surface area contributed by atoms with Crippen LogP contribution in [0, 0.1) is 0 Å². The molecule has 1 aromatic carbocycles. The fourth-order valence-corrected chi connectivity index (χ4v) is 2.62. The van der Waals surface area contributed by atoms with Crippen LogP contribution >= 0.6 is 11.8 Å². The van der Waals surface area contributed by atoms with Crippen molar-refractivity contribution in [1.82, 2.24) is 9.88 Å². The number of alkyl halides is 3. The molecular weight excluding hydrogens is 273 g/mol. The minimum Gasteiger partial charge on any atom is -0.342 e. The van der Waals surface area contributed by atoms with Crippen molar-refractivity contribution in [1.29, 1.82) is 0 Å². The van der Waals surface area contributed by atoms with E-state index >= 15 is 0 Å². The lowest BCUT2D eigenvalue weighted by Crippen LogP contribution is -2.13. The molecule has 19 heavy (non-hydrogen) atoms. The highest BCUT2D eigenvalue weighted by Gasteiger charge is 2.27. The van der Waals surface area contributed by atoms with Gasteiger partial charge in [0.25, 0.3) is 0 Å². The molecule has 1 heterocycles. The number of aryl methyl sites for hydroxylation is 1. The van der Waals surface area contributed by atoms with Crippen LogP contribution in [0.3, 0.4) is 0 Å². The molecular formula is C13H15F3N2S. The van der Waals surface area contributed by atoms with Crippen LogP contribution in [-0.2, 0) is 13.1 Å². The maximum Gasteiger partial charge on any atom is 0.441 e. The van der Waals surface area contributed by atoms with Gasteiger partial charge in [-0.15, -0.1) is 0 Å². The van der Waals surface area contributed by atoms with Gasteiger partial charge in [0, 0.05) is 30.1 Å². The molecule has 1 N–H and O–H groups in total. The van der Waals surface area contributed by atoms with Crippen molar-refractivity contribution in [2.45, 2.75) is 18.6 Å². The zero-order chi connectivity index (χ0) is 13.9. The third-order valence-electron chi connectivity index (χ3n) is 2.83. The topological polar surface area (TPSA) is 17.0 Å². The Balaban J connectivity index is 2.21. The SMILES string of the molecule is CNCc1cc2ccccc2n1CCSC(F)(F)F. The lowest BCUT2D eigenvalue weighted by atomic mass is 10.2. The Hall–Kier alpha value is -1.14. The summed E-state index contributed by atoms with van der Waals surface area (Å²) in [6.45, 7) is 1.00. The van der Waals surface area contributed by atoms with Gasteiger partial charge >= 0.3 is 5.51 Å². The number of para-hydroxylation sites is 1. The maximum absolute atomic E-state index is 12.2. The Kier molecular flexibility index (Phi) is 4.42. The van der Waals surface area contributed by atoms with Crippen molar-refractivity contribution in [3.63, 3.8) is 0 Å². The van der Waals surface area contributed by atoms with Gasteiger partial charge in [0.1, 0.15) is 0 Å². The van der Waals surface area contributed by atoms with Crippen LogP contribution in [0.4, 0.5) is 13.2 Å². The molecule has 0 radical (unpaired) electrons. The monoisotopic (exact) mass is 288 g/mol. The summed E-state index contributed by atoms with van der Waals surface area (Å²) in [6, 6.07) is 9.76. The van der Waals surface area contributed by atoms with E-state index in [0.717, 1.165) is 16.6 Å². The molecule has 0 unspecified atom stereocenters. The number of benzene rings is 1. The van der Waals surface area contributed by atoms with Gasteiger partial charge in [0.2, 0.25) is 0 Å². The van der Waals surface area contributed by atoms with E-state index in [1.54, 1.807) is 0 Å². The highest BCUT2D eigenvalue weighted by atomic mass is 32.2. The molecule has 0 saturated carbocycles. The Labute approximate surface area is 114 Å². The Morgan fingerprint density at radius 1 is 1.26 bits per heavy atom. The van der Waals surface area contributed by atoms with Crippen molar-refractivity contribution >= 4 is 22.7 Å². The molecule has 6 heteroatoms. The predicted molar refractivity (Wildman–Crippen MR) is 73.2 cm³/mol. The Morgan fingerprint density at radius 3 is 2.68 bits per heavy atom. The molecule has 2 nitrogen and oxygen atoms in total. The number of hydrogen-bond donors (Lipinski definition) is 1. The maximum atomic E-state index is 12.2. The second-order valence-corrected chi connectivity index (χ2v) is 5.33. The van der Waals surface area contributed by atoms with Crippen molar-refractivity contribution in [2.24, 2.45) is 0 Å². The number of thioether (sulfide) groups is 1. The first-order chi connectivity index (χ1) is 9.01. The van der Waals surface area contributed by atoms with Gasteiger partial charge in [-0.2, -0.15) is 13.2 Å². The van der Waals surface area contributed by atoms with E-state index in [-0.39, 0.29) is 17.5 Å². The smallest absolute Gasteiger partial charge is 0.342 e. The minimum atomic E-state index is -4.16. The van der Waals surface area contributed by atoms with Gasteiger partial charge in [-0.25, -0.2) is 0 Å². The zero-order valence-electron chi connectivity index (χ0n) is 10.5. The average molecular weight is 288 g/mol. The molecule has 0 saturated heterocycles. The van der Waals surface area contributed by atoms with Crippen LogP contribution in [0.2, 0.25) is 0 Å². The molecule has 0 spiro atoms.